The summed E-state index contributed by atoms with van der Waals surface area (Å²) in [5.41, 5.74) is 5.16. The molecule has 0 saturated heterocycles. The normalized spacial score (nSPS) is 13.1. The molecule has 11 heteroatoms. The topological polar surface area (TPSA) is 125 Å². The molecule has 0 aromatic heterocycles. The quantitative estimate of drug-likeness (QED) is 0.540. The molecular formula is C20H31ClN2O6S2. The predicted molar refractivity (Wildman–Crippen MR) is 123 cm³/mol. The third-order valence-corrected chi connectivity index (χ3v) is 6.58. The van der Waals surface area contributed by atoms with Crippen molar-refractivity contribution in [1.82, 2.24) is 4.72 Å². The average molecular weight is 495 g/mol. The number of methoxy groups -OCH3 is 2. The molecule has 0 aliphatic rings. The number of benzene rings is 2. The van der Waals surface area contributed by atoms with E-state index in [4.69, 9.17) is 25.9 Å². The van der Waals surface area contributed by atoms with Crippen molar-refractivity contribution in [2.45, 2.75) is 35.8 Å². The fourth-order valence-corrected chi connectivity index (χ4v) is 3.60. The van der Waals surface area contributed by atoms with Gasteiger partial charge >= 0.3 is 0 Å². The van der Waals surface area contributed by atoms with Crippen molar-refractivity contribution in [2.24, 2.45) is 5.73 Å². The minimum absolute atomic E-state index is 0.136. The van der Waals surface area contributed by atoms with Gasteiger partial charge < -0.3 is 15.2 Å². The molecule has 176 valence electrons. The van der Waals surface area contributed by atoms with Crippen molar-refractivity contribution in [2.75, 3.05) is 27.3 Å². The van der Waals surface area contributed by atoms with Crippen molar-refractivity contribution in [1.29, 1.82) is 0 Å². The number of ether oxygens (including phenoxy) is 2. The summed E-state index contributed by atoms with van der Waals surface area (Å²) in [5.74, 6) is 0. The molecule has 0 spiro atoms. The molecule has 2 unspecified atom stereocenters. The van der Waals surface area contributed by atoms with E-state index in [1.165, 1.54) is 12.1 Å². The van der Waals surface area contributed by atoms with Crippen LogP contribution in [0.3, 0.4) is 0 Å². The molecule has 0 saturated carbocycles. The van der Waals surface area contributed by atoms with Gasteiger partial charge in [0.2, 0.25) is 10.0 Å². The van der Waals surface area contributed by atoms with E-state index in [-0.39, 0.29) is 28.5 Å². The summed E-state index contributed by atoms with van der Waals surface area (Å²) in [7, 11) is 1.30. The first-order valence-electron chi connectivity index (χ1n) is 9.28. The number of hydrogen-bond donors (Lipinski definition) is 2. The summed E-state index contributed by atoms with van der Waals surface area (Å²) < 4.78 is 56.8. The smallest absolute Gasteiger partial charge is 0.261 e. The van der Waals surface area contributed by atoms with E-state index >= 15 is 0 Å². The number of nitrogens with two attached hydrogens (primary N) is 1. The van der Waals surface area contributed by atoms with Gasteiger partial charge in [0.1, 0.15) is 0 Å². The Balaban J connectivity index is 0.000000484. The number of halogens is 1. The van der Waals surface area contributed by atoms with Gasteiger partial charge in [-0.2, -0.15) is 0 Å². The van der Waals surface area contributed by atoms with Crippen molar-refractivity contribution in [3.8, 4) is 0 Å². The molecule has 0 radical (unpaired) electrons. The number of sulfonamides is 1. The van der Waals surface area contributed by atoms with Gasteiger partial charge in [-0.05, 0) is 38.1 Å². The molecule has 2 aromatic carbocycles. The molecule has 3 N–H and O–H groups in total. The fraction of sp³-hybridized carbons (Fsp3) is 0.400. The molecule has 0 aliphatic carbocycles. The summed E-state index contributed by atoms with van der Waals surface area (Å²) in [4.78, 5) is 0.407. The van der Waals surface area contributed by atoms with Crippen LogP contribution in [0, 0.1) is 0 Å². The van der Waals surface area contributed by atoms with Crippen LogP contribution in [0.2, 0.25) is 0 Å². The number of nitrogens with one attached hydrogen (secondary N) is 1. The molecule has 8 nitrogen and oxygen atoms in total. The fourth-order valence-electron chi connectivity index (χ4n) is 1.67. The van der Waals surface area contributed by atoms with Crippen LogP contribution in [0.1, 0.15) is 13.8 Å². The first-order valence-corrected chi connectivity index (χ1v) is 13.1. The van der Waals surface area contributed by atoms with E-state index < -0.39 is 19.1 Å². The Morgan fingerprint density at radius 3 is 1.55 bits per heavy atom. The molecule has 0 bridgehead atoms. The highest BCUT2D eigenvalue weighted by molar-refractivity contribution is 8.13. The lowest BCUT2D eigenvalue weighted by Gasteiger charge is -2.11. The van der Waals surface area contributed by atoms with Crippen molar-refractivity contribution in [3.63, 3.8) is 0 Å². The Bertz CT molecular complexity index is 923. The van der Waals surface area contributed by atoms with Crippen LogP contribution in [0.5, 0.6) is 0 Å². The van der Waals surface area contributed by atoms with Crippen molar-refractivity contribution in [3.05, 3.63) is 60.7 Å². The lowest BCUT2D eigenvalue weighted by atomic mass is 10.4. The summed E-state index contributed by atoms with van der Waals surface area (Å²) in [6.45, 7) is 4.61. The first-order chi connectivity index (χ1) is 14.5. The molecule has 2 rings (SSSR count). The zero-order valence-corrected chi connectivity index (χ0v) is 20.5. The number of hydrogen-bond acceptors (Lipinski definition) is 7. The molecule has 0 amide bonds. The first kappa shape index (κ1) is 29.5. The van der Waals surface area contributed by atoms with Gasteiger partial charge in [-0.15, -0.1) is 0 Å². The summed E-state index contributed by atoms with van der Waals surface area (Å²) in [6, 6.07) is 16.1. The third kappa shape index (κ3) is 13.5. The molecule has 2 aromatic rings. The van der Waals surface area contributed by atoms with Crippen LogP contribution >= 0.6 is 10.7 Å². The highest BCUT2D eigenvalue weighted by atomic mass is 35.7. The van der Waals surface area contributed by atoms with E-state index in [0.29, 0.717) is 6.54 Å². The Labute approximate surface area is 190 Å². The van der Waals surface area contributed by atoms with Crippen molar-refractivity contribution >= 4 is 29.8 Å². The molecule has 0 heterocycles. The van der Waals surface area contributed by atoms with E-state index in [2.05, 4.69) is 4.72 Å². The largest absolute Gasteiger partial charge is 0.380 e. The van der Waals surface area contributed by atoms with E-state index in [1.807, 2.05) is 6.92 Å². The van der Waals surface area contributed by atoms with Crippen LogP contribution in [-0.4, -0.2) is 56.4 Å². The van der Waals surface area contributed by atoms with Gasteiger partial charge in [0, 0.05) is 38.0 Å². The SMILES string of the molecule is COC(C)CN.COC(C)CNS(=O)(=O)c1ccccc1.O=S(=O)(Cl)c1ccccc1. The van der Waals surface area contributed by atoms with Crippen LogP contribution in [0.25, 0.3) is 0 Å². The standard InChI is InChI=1S/C10H15NO3S.C6H5ClO2S.C4H11NO/c1-9(14-2)8-11-15(12,13)10-6-4-3-5-7-10;7-10(8,9)6-4-2-1-3-5-6;1-4(3-5)6-2/h3-7,9,11H,8H2,1-2H3;1-5H;4H,3,5H2,1-2H3. The summed E-state index contributed by atoms with van der Waals surface area (Å²) in [5, 5.41) is 0. The minimum Gasteiger partial charge on any atom is -0.380 e. The lowest BCUT2D eigenvalue weighted by molar-refractivity contribution is 0.122. The van der Waals surface area contributed by atoms with Gasteiger partial charge in [0.05, 0.1) is 22.0 Å². The molecule has 0 fully saturated rings. The van der Waals surface area contributed by atoms with Gasteiger partial charge in [-0.25, -0.2) is 21.6 Å². The second kappa shape index (κ2) is 15.3. The molecular weight excluding hydrogens is 464 g/mol. The molecule has 2 atom stereocenters. The molecule has 0 aliphatic heterocycles. The van der Waals surface area contributed by atoms with E-state index in [9.17, 15) is 16.8 Å². The Kier molecular flexibility index (Phi) is 14.5. The van der Waals surface area contributed by atoms with Crippen LogP contribution in [0.15, 0.2) is 70.5 Å². The average Bonchev–Trinajstić information content (AvgIpc) is 2.78. The van der Waals surface area contributed by atoms with Crippen LogP contribution < -0.4 is 10.5 Å². The van der Waals surface area contributed by atoms with Gasteiger partial charge in [0.25, 0.3) is 9.05 Å². The maximum Gasteiger partial charge on any atom is 0.261 e. The van der Waals surface area contributed by atoms with Crippen molar-refractivity contribution < 1.29 is 26.3 Å². The Morgan fingerprint density at radius 2 is 1.26 bits per heavy atom. The van der Waals surface area contributed by atoms with Gasteiger partial charge in [-0.1, -0.05) is 36.4 Å². The zero-order valence-electron chi connectivity index (χ0n) is 18.1. The maximum absolute atomic E-state index is 11.7. The monoisotopic (exact) mass is 494 g/mol. The maximum atomic E-state index is 11.7. The Morgan fingerprint density at radius 1 is 0.839 bits per heavy atom. The second-order valence-corrected chi connectivity index (χ2v) is 10.6. The predicted octanol–water partition coefficient (Wildman–Crippen LogP) is 2.59. The van der Waals surface area contributed by atoms with E-state index in [1.54, 1.807) is 69.7 Å². The minimum atomic E-state index is -3.53. The van der Waals surface area contributed by atoms with Crippen LogP contribution in [0.4, 0.5) is 0 Å². The number of rotatable bonds is 8. The Hall–Kier alpha value is -1.53. The van der Waals surface area contributed by atoms with Gasteiger partial charge in [0.15, 0.2) is 0 Å². The zero-order chi connectivity index (χ0) is 23.9. The lowest BCUT2D eigenvalue weighted by Crippen LogP contribution is -2.31. The van der Waals surface area contributed by atoms with Gasteiger partial charge in [-0.3, -0.25) is 0 Å². The third-order valence-electron chi connectivity index (χ3n) is 3.78. The second-order valence-electron chi connectivity index (χ2n) is 6.24. The molecule has 31 heavy (non-hydrogen) atoms. The van der Waals surface area contributed by atoms with E-state index in [0.717, 1.165) is 0 Å². The highest BCUT2D eigenvalue weighted by Crippen LogP contribution is 2.12. The van der Waals surface area contributed by atoms with Crippen LogP contribution in [-0.2, 0) is 28.5 Å². The highest BCUT2D eigenvalue weighted by Gasteiger charge is 2.13. The summed E-state index contributed by atoms with van der Waals surface area (Å²) >= 11 is 0. The summed E-state index contributed by atoms with van der Waals surface area (Å²) in [6.07, 6.45) is 0.0773.